The van der Waals surface area contributed by atoms with Gasteiger partial charge in [-0.2, -0.15) is 17.5 Å². The molecule has 3 aliphatic heterocycles. The summed E-state index contributed by atoms with van der Waals surface area (Å²) in [6.07, 6.45) is 14.4. The Morgan fingerprint density at radius 3 is 1.59 bits per heavy atom. The first kappa shape index (κ1) is 56.8. The van der Waals surface area contributed by atoms with Crippen LogP contribution in [0.4, 0.5) is 22.0 Å². The molecule has 24 heteroatoms. The van der Waals surface area contributed by atoms with Crippen LogP contribution in [0.3, 0.4) is 0 Å². The second kappa shape index (κ2) is 25.8. The number of allylic oxidation sites excluding steroid dienone is 2. The number of hydrogen-bond donors (Lipinski definition) is 0. The molecule has 7 heterocycles. The number of alkyl halides is 3. The van der Waals surface area contributed by atoms with Gasteiger partial charge in [-0.3, -0.25) is 13.6 Å². The number of fused-ring (bicyclic) bond motifs is 4. The lowest BCUT2D eigenvalue weighted by Crippen LogP contribution is -2.39. The highest BCUT2D eigenvalue weighted by Gasteiger charge is 2.29. The van der Waals surface area contributed by atoms with Gasteiger partial charge in [0.05, 0.1) is 23.7 Å². The molecule has 1 aliphatic carbocycles. The van der Waals surface area contributed by atoms with Crippen LogP contribution in [0.15, 0.2) is 61.5 Å². The molecule has 10 rings (SSSR count). The molecule has 4 aromatic heterocycles. The number of aryl methyl sites for hydroxylation is 2. The molecule has 75 heavy (non-hydrogen) atoms. The van der Waals surface area contributed by atoms with Crippen LogP contribution in [-0.4, -0.2) is 110 Å². The summed E-state index contributed by atoms with van der Waals surface area (Å²) in [5.41, 5.74) is 9.11. The van der Waals surface area contributed by atoms with Crippen molar-refractivity contribution in [1.82, 2.24) is 43.5 Å². The predicted octanol–water partition coefficient (Wildman–Crippen LogP) is 9.49. The molecule has 0 radical (unpaired) electrons. The Labute approximate surface area is 439 Å². The van der Waals surface area contributed by atoms with Gasteiger partial charge in [-0.25, -0.2) is 35.6 Å². The average Bonchev–Trinajstić information content (AvgIpc) is 4.25. The zero-order chi connectivity index (χ0) is 55.4. The zero-order valence-corrected chi connectivity index (χ0v) is 44.7. The number of aromatic nitrogens is 8. The van der Waals surface area contributed by atoms with Gasteiger partial charge < -0.3 is 9.47 Å². The van der Waals surface area contributed by atoms with Gasteiger partial charge in [-0.05, 0) is 119 Å². The van der Waals surface area contributed by atoms with Crippen LogP contribution < -0.4 is 9.47 Å². The summed E-state index contributed by atoms with van der Waals surface area (Å²) in [7, 11) is -1.71. The Kier molecular flexibility index (Phi) is 19.5. The summed E-state index contributed by atoms with van der Waals surface area (Å²) in [6, 6.07) is 6.38. The fourth-order valence-corrected chi connectivity index (χ4v) is 9.93. The SMILES string of the molecule is CC(C)S(=O)(=O)Cl.CC(C)S(=O)(=O)N1CC=C(c2cnc(CCc3c(F)ccc4c3CCO4)n3cnnc23)CC1.Fc1ccc2c(c1CCc1ncc(C3=CCCCC3)c3nncn13)CCO2.O=CC(F)(F)F.[2H]CC. The summed E-state index contributed by atoms with van der Waals surface area (Å²) < 4.78 is 128. The number of benzene rings is 2. The lowest BCUT2D eigenvalue weighted by Gasteiger charge is -2.27. The molecule has 0 saturated carbocycles. The maximum Gasteiger partial charge on any atom is 0.446 e. The van der Waals surface area contributed by atoms with Crippen molar-refractivity contribution in [3.8, 4) is 11.5 Å². The van der Waals surface area contributed by atoms with Gasteiger partial charge in [-0.15, -0.1) is 20.4 Å². The Morgan fingerprint density at radius 1 is 0.733 bits per heavy atom. The highest BCUT2D eigenvalue weighted by atomic mass is 35.7. The smallest absolute Gasteiger partial charge is 0.446 e. The standard InChI is InChI=1S/C23H26FN5O3S.C21H21FN4O.C3H7ClO2S.C2HF3O.C2H6/c1-15(2)33(30,31)28-10-7-16(8-11-28)19-13-25-22(29-14-26-27-23(19)29)6-3-17-18-9-12-32-21(18)5-4-20(17)24;22-18-7-8-19-16(10-11-27-19)15(18)6-9-20-23-12-17(14-4-2-1-3-5-14)21-25-24-13-26(20)21;1-3(2)7(4,5)6;3-2(4,5)1-6;1-2/h4-5,7,13-15H,3,6,8-12H2,1-2H3;4,7-8,12-13H,1-3,5-6,9-11H2;3H,1-2H3;1H;1-2H3/i;;;;1D. The third-order valence-corrected chi connectivity index (χ3v) is 17.1. The first-order chi connectivity index (χ1) is 36.1. The van der Waals surface area contributed by atoms with Gasteiger partial charge >= 0.3 is 6.18 Å². The van der Waals surface area contributed by atoms with E-state index in [9.17, 15) is 38.8 Å². The molecular formula is C51H61ClF5N9O7S2. The van der Waals surface area contributed by atoms with Crippen molar-refractivity contribution >= 4 is 58.5 Å². The fourth-order valence-electron chi connectivity index (χ4n) is 8.71. The lowest BCUT2D eigenvalue weighted by molar-refractivity contribution is -0.156. The number of nitrogens with zero attached hydrogens (tertiary/aromatic N) is 9. The second-order valence-corrected chi connectivity index (χ2v) is 23.7. The lowest BCUT2D eigenvalue weighted by atomic mass is 9.95. The summed E-state index contributed by atoms with van der Waals surface area (Å²) in [5.74, 6) is 2.80. The number of rotatable bonds is 11. The van der Waals surface area contributed by atoms with Crippen molar-refractivity contribution in [2.45, 2.75) is 129 Å². The van der Waals surface area contributed by atoms with Crippen LogP contribution in [0.25, 0.3) is 22.4 Å². The average molecular weight is 1110 g/mol. The van der Waals surface area contributed by atoms with Gasteiger partial charge in [-0.1, -0.05) is 26.0 Å². The van der Waals surface area contributed by atoms with E-state index in [0.29, 0.717) is 82.9 Å². The van der Waals surface area contributed by atoms with E-state index in [1.165, 1.54) is 48.7 Å². The molecule has 0 amide bonds. The number of halogens is 6. The minimum atomic E-state index is -4.64. The first-order valence-corrected chi connectivity index (χ1v) is 28.3. The fraction of sp³-hybridized carbons (Fsp3) is 0.471. The third-order valence-electron chi connectivity index (χ3n) is 12.7. The van der Waals surface area contributed by atoms with E-state index in [0.717, 1.165) is 81.4 Å². The Balaban J connectivity index is 0.000000194. The van der Waals surface area contributed by atoms with Crippen LogP contribution >= 0.6 is 10.7 Å². The summed E-state index contributed by atoms with van der Waals surface area (Å²) in [6.45, 7) is 10.7. The van der Waals surface area contributed by atoms with Crippen molar-refractivity contribution < 1.29 is 54.4 Å². The predicted molar refractivity (Wildman–Crippen MR) is 276 cm³/mol. The maximum absolute atomic E-state index is 14.5. The second-order valence-electron chi connectivity index (χ2n) is 18.0. The molecule has 6 aromatic rings. The molecule has 0 N–H and O–H groups in total. The van der Waals surface area contributed by atoms with Crippen molar-refractivity contribution in [2.75, 3.05) is 26.3 Å². The quantitative estimate of drug-likeness (QED) is 0.0677. The van der Waals surface area contributed by atoms with E-state index in [1.807, 2.05) is 21.1 Å². The van der Waals surface area contributed by atoms with Crippen LogP contribution in [0.2, 0.25) is 0 Å². The largest absolute Gasteiger partial charge is 0.493 e. The normalized spacial score (nSPS) is 15.6. The molecule has 0 fully saturated rings. The number of ether oxygens (including phenoxy) is 2. The number of carbonyl (C=O) groups is 1. The highest BCUT2D eigenvalue weighted by Crippen LogP contribution is 2.34. The molecule has 4 aliphatic rings. The number of sulfonamides is 1. The minimum Gasteiger partial charge on any atom is -0.493 e. The zero-order valence-electron chi connectivity index (χ0n) is 43.3. The van der Waals surface area contributed by atoms with Gasteiger partial charge in [0.15, 0.2) is 11.3 Å². The van der Waals surface area contributed by atoms with Crippen molar-refractivity contribution in [1.29, 1.82) is 0 Å². The Morgan fingerprint density at radius 2 is 1.20 bits per heavy atom. The summed E-state index contributed by atoms with van der Waals surface area (Å²) in [4.78, 5) is 18.0. The van der Waals surface area contributed by atoms with Crippen LogP contribution in [-0.2, 0) is 62.4 Å². The molecule has 406 valence electrons. The molecule has 0 spiro atoms. The van der Waals surface area contributed by atoms with E-state index < -0.39 is 42.0 Å². The van der Waals surface area contributed by atoms with Gasteiger partial charge in [0.2, 0.25) is 25.4 Å². The number of carbonyl (C=O) groups excluding carboxylic acids is 1. The molecule has 2 aromatic carbocycles. The molecular weight excluding hydrogens is 1050 g/mol. The van der Waals surface area contributed by atoms with E-state index in [-0.39, 0.29) is 11.6 Å². The van der Waals surface area contributed by atoms with Crippen LogP contribution in [0, 0.1) is 11.6 Å². The van der Waals surface area contributed by atoms with Gasteiger partial charge in [0.25, 0.3) is 0 Å². The number of hydrogen-bond acceptors (Lipinski definition) is 13. The molecule has 0 saturated heterocycles. The molecule has 0 unspecified atom stereocenters. The van der Waals surface area contributed by atoms with Gasteiger partial charge in [0, 0.05) is 85.5 Å². The van der Waals surface area contributed by atoms with Crippen LogP contribution in [0.1, 0.15) is 120 Å². The van der Waals surface area contributed by atoms with Gasteiger partial charge in [0.1, 0.15) is 47.4 Å². The van der Waals surface area contributed by atoms with Crippen molar-refractivity contribution in [2.24, 2.45) is 0 Å². The first-order valence-electron chi connectivity index (χ1n) is 25.1. The number of aldehydes is 1. The molecule has 16 nitrogen and oxygen atoms in total. The third kappa shape index (κ3) is 14.5. The van der Waals surface area contributed by atoms with E-state index in [1.54, 1.807) is 51.8 Å². The van der Waals surface area contributed by atoms with E-state index in [2.05, 4.69) is 36.4 Å². The monoisotopic (exact) mass is 1110 g/mol. The summed E-state index contributed by atoms with van der Waals surface area (Å²) >= 11 is 0. The van der Waals surface area contributed by atoms with Crippen LogP contribution in [0.5, 0.6) is 11.5 Å². The van der Waals surface area contributed by atoms with E-state index in [4.69, 9.17) is 26.3 Å². The Hall–Kier alpha value is -5.91. The van der Waals surface area contributed by atoms with Crippen molar-refractivity contribution in [3.05, 3.63) is 118 Å². The van der Waals surface area contributed by atoms with E-state index >= 15 is 0 Å². The maximum atomic E-state index is 14.5. The highest BCUT2D eigenvalue weighted by molar-refractivity contribution is 8.14. The van der Waals surface area contributed by atoms with Crippen molar-refractivity contribution in [3.63, 3.8) is 0 Å². The molecule has 0 atom stereocenters. The Bertz CT molecular complexity index is 3280. The minimum absolute atomic E-state index is 0.164. The summed E-state index contributed by atoms with van der Waals surface area (Å²) in [5, 5.41) is 15.9. The topological polar surface area (TPSA) is 193 Å². The molecule has 0 bridgehead atoms.